The molecule has 0 atom stereocenters. The highest BCUT2D eigenvalue weighted by atomic mass is 16.5. The van der Waals surface area contributed by atoms with Crippen molar-refractivity contribution in [2.45, 2.75) is 40.7 Å². The molecular formula is C30H32N2O2. The molecule has 4 rings (SSSR count). The summed E-state index contributed by atoms with van der Waals surface area (Å²) in [6, 6.07) is 22.7. The molecule has 3 aromatic carbocycles. The Morgan fingerprint density at radius 2 is 1.71 bits per heavy atom. The Morgan fingerprint density at radius 1 is 0.971 bits per heavy atom. The molecule has 1 heterocycles. The van der Waals surface area contributed by atoms with Gasteiger partial charge in [0.05, 0.1) is 19.3 Å². The lowest BCUT2D eigenvalue weighted by atomic mass is 9.91. The maximum atomic E-state index is 13.5. The predicted molar refractivity (Wildman–Crippen MR) is 140 cm³/mol. The Morgan fingerprint density at radius 3 is 2.38 bits per heavy atom. The largest absolute Gasteiger partial charge is 0.496 e. The molecule has 174 valence electrons. The average molecular weight is 453 g/mol. The number of carbonyl (C=O) groups is 1. The van der Waals surface area contributed by atoms with Crippen LogP contribution >= 0.6 is 0 Å². The molecule has 1 aromatic heterocycles. The highest BCUT2D eigenvalue weighted by molar-refractivity contribution is 6.03. The SMILES string of the molecule is COc1ccc(-c2ccc(CN(C(=O)CC(C)(C)C)c3cccc4ccncc34)cc2)cc1C. The fraction of sp³-hybridized carbons (Fsp3) is 0.267. The van der Waals surface area contributed by atoms with E-state index in [4.69, 9.17) is 4.74 Å². The number of benzene rings is 3. The second-order valence-electron chi connectivity index (χ2n) is 9.97. The van der Waals surface area contributed by atoms with E-state index in [1.807, 2.05) is 35.4 Å². The maximum absolute atomic E-state index is 13.5. The molecule has 0 aliphatic carbocycles. The van der Waals surface area contributed by atoms with Gasteiger partial charge in [-0.15, -0.1) is 0 Å². The molecule has 4 nitrogen and oxygen atoms in total. The summed E-state index contributed by atoms with van der Waals surface area (Å²) in [5.41, 5.74) is 5.26. The third-order valence-corrected chi connectivity index (χ3v) is 5.96. The molecular weight excluding hydrogens is 420 g/mol. The molecule has 0 aliphatic rings. The number of nitrogens with zero attached hydrogens (tertiary/aromatic N) is 2. The molecule has 0 spiro atoms. The van der Waals surface area contributed by atoms with Crippen LogP contribution < -0.4 is 9.64 Å². The number of aryl methyl sites for hydroxylation is 1. The van der Waals surface area contributed by atoms with E-state index in [9.17, 15) is 4.79 Å². The summed E-state index contributed by atoms with van der Waals surface area (Å²) in [7, 11) is 1.69. The van der Waals surface area contributed by atoms with E-state index in [0.717, 1.165) is 44.5 Å². The van der Waals surface area contributed by atoms with Crippen LogP contribution in [0.5, 0.6) is 5.75 Å². The Labute approximate surface area is 202 Å². The van der Waals surface area contributed by atoms with Gasteiger partial charge in [0.25, 0.3) is 0 Å². The van der Waals surface area contributed by atoms with Crippen molar-refractivity contribution in [3.8, 4) is 16.9 Å². The van der Waals surface area contributed by atoms with E-state index < -0.39 is 0 Å². The summed E-state index contributed by atoms with van der Waals surface area (Å²) in [4.78, 5) is 19.7. The van der Waals surface area contributed by atoms with Crippen LogP contribution in [0.1, 0.15) is 38.3 Å². The first-order chi connectivity index (χ1) is 16.2. The van der Waals surface area contributed by atoms with Gasteiger partial charge in [-0.25, -0.2) is 0 Å². The van der Waals surface area contributed by atoms with Gasteiger partial charge in [0, 0.05) is 24.2 Å². The number of ether oxygens (including phenoxy) is 1. The molecule has 34 heavy (non-hydrogen) atoms. The monoisotopic (exact) mass is 452 g/mol. The van der Waals surface area contributed by atoms with Gasteiger partial charge < -0.3 is 9.64 Å². The molecule has 0 saturated heterocycles. The number of carbonyl (C=O) groups excluding carboxylic acids is 1. The Hall–Kier alpha value is -3.66. The van der Waals surface area contributed by atoms with Gasteiger partial charge in [-0.05, 0) is 64.2 Å². The maximum Gasteiger partial charge on any atom is 0.227 e. The molecule has 4 heteroatoms. The van der Waals surface area contributed by atoms with Crippen LogP contribution in [0.25, 0.3) is 21.9 Å². The zero-order valence-corrected chi connectivity index (χ0v) is 20.6. The van der Waals surface area contributed by atoms with Gasteiger partial charge in [-0.3, -0.25) is 9.78 Å². The second-order valence-corrected chi connectivity index (χ2v) is 9.97. The number of fused-ring (bicyclic) bond motifs is 1. The minimum absolute atomic E-state index is 0.103. The first kappa shape index (κ1) is 23.5. The summed E-state index contributed by atoms with van der Waals surface area (Å²) < 4.78 is 5.39. The average Bonchev–Trinajstić information content (AvgIpc) is 2.81. The minimum Gasteiger partial charge on any atom is -0.496 e. The summed E-state index contributed by atoms with van der Waals surface area (Å²) in [5.74, 6) is 0.997. The summed E-state index contributed by atoms with van der Waals surface area (Å²) >= 11 is 0. The number of methoxy groups -OCH3 is 1. The van der Waals surface area contributed by atoms with E-state index in [0.29, 0.717) is 13.0 Å². The summed E-state index contributed by atoms with van der Waals surface area (Å²) in [6.45, 7) is 8.84. The van der Waals surface area contributed by atoms with E-state index in [-0.39, 0.29) is 11.3 Å². The molecule has 4 aromatic rings. The molecule has 0 bridgehead atoms. The quantitative estimate of drug-likeness (QED) is 0.311. The summed E-state index contributed by atoms with van der Waals surface area (Å²) in [5, 5.41) is 2.06. The summed E-state index contributed by atoms with van der Waals surface area (Å²) in [6.07, 6.45) is 4.09. The topological polar surface area (TPSA) is 42.4 Å². The van der Waals surface area contributed by atoms with Crippen LogP contribution in [0.2, 0.25) is 0 Å². The van der Waals surface area contributed by atoms with E-state index in [1.54, 1.807) is 13.3 Å². The van der Waals surface area contributed by atoms with Crippen LogP contribution in [0, 0.1) is 12.3 Å². The zero-order valence-electron chi connectivity index (χ0n) is 20.6. The van der Waals surface area contributed by atoms with Gasteiger partial charge in [0.2, 0.25) is 5.91 Å². The van der Waals surface area contributed by atoms with Crippen LogP contribution in [-0.4, -0.2) is 18.0 Å². The predicted octanol–water partition coefficient (Wildman–Crippen LogP) is 7.19. The zero-order chi connectivity index (χ0) is 24.3. The molecule has 0 aliphatic heterocycles. The highest BCUT2D eigenvalue weighted by Gasteiger charge is 2.24. The number of rotatable bonds is 6. The van der Waals surface area contributed by atoms with Crippen molar-refractivity contribution in [2.24, 2.45) is 5.41 Å². The first-order valence-corrected chi connectivity index (χ1v) is 11.6. The minimum atomic E-state index is -0.103. The van der Waals surface area contributed by atoms with Crippen molar-refractivity contribution < 1.29 is 9.53 Å². The smallest absolute Gasteiger partial charge is 0.227 e. The normalized spacial score (nSPS) is 11.4. The van der Waals surface area contributed by atoms with E-state index in [1.165, 1.54) is 0 Å². The second kappa shape index (κ2) is 9.68. The van der Waals surface area contributed by atoms with Crippen LogP contribution in [-0.2, 0) is 11.3 Å². The van der Waals surface area contributed by atoms with Gasteiger partial charge >= 0.3 is 0 Å². The number of aromatic nitrogens is 1. The third kappa shape index (κ3) is 5.28. The fourth-order valence-electron chi connectivity index (χ4n) is 4.23. The first-order valence-electron chi connectivity index (χ1n) is 11.6. The van der Waals surface area contributed by atoms with Crippen LogP contribution in [0.4, 0.5) is 5.69 Å². The molecule has 0 radical (unpaired) electrons. The van der Waals surface area contributed by atoms with Crippen molar-refractivity contribution in [3.05, 3.63) is 90.3 Å². The lowest BCUT2D eigenvalue weighted by Gasteiger charge is -2.28. The Balaban J connectivity index is 1.66. The fourth-order valence-corrected chi connectivity index (χ4v) is 4.23. The standard InChI is InChI=1S/C30H32N2O2/c1-21-17-25(13-14-28(21)34-5)23-11-9-22(10-12-23)20-32(29(33)18-30(2,3)4)27-8-6-7-24-15-16-31-19-26(24)27/h6-17,19H,18,20H2,1-5H3. The van der Waals surface area contributed by atoms with Crippen molar-refractivity contribution in [3.63, 3.8) is 0 Å². The number of hydrogen-bond acceptors (Lipinski definition) is 3. The van der Waals surface area contributed by atoms with Crippen molar-refractivity contribution in [1.29, 1.82) is 0 Å². The number of pyridine rings is 1. The lowest BCUT2D eigenvalue weighted by Crippen LogP contribution is -2.33. The molecule has 0 unspecified atom stereocenters. The van der Waals surface area contributed by atoms with Crippen molar-refractivity contribution >= 4 is 22.4 Å². The molecule has 0 fully saturated rings. The molecule has 0 N–H and O–H groups in total. The van der Waals surface area contributed by atoms with Crippen LogP contribution in [0.3, 0.4) is 0 Å². The lowest BCUT2D eigenvalue weighted by molar-refractivity contribution is -0.120. The van der Waals surface area contributed by atoms with E-state index >= 15 is 0 Å². The van der Waals surface area contributed by atoms with E-state index in [2.05, 4.69) is 75.1 Å². The van der Waals surface area contributed by atoms with Crippen molar-refractivity contribution in [1.82, 2.24) is 4.98 Å². The Bertz CT molecular complexity index is 1300. The number of hydrogen-bond donors (Lipinski definition) is 0. The van der Waals surface area contributed by atoms with Crippen LogP contribution in [0.15, 0.2) is 79.1 Å². The highest BCUT2D eigenvalue weighted by Crippen LogP contribution is 2.31. The van der Waals surface area contributed by atoms with Gasteiger partial charge in [0.15, 0.2) is 0 Å². The van der Waals surface area contributed by atoms with Gasteiger partial charge in [-0.2, -0.15) is 0 Å². The third-order valence-electron chi connectivity index (χ3n) is 5.96. The molecule has 1 amide bonds. The number of anilines is 1. The Kier molecular flexibility index (Phi) is 6.69. The van der Waals surface area contributed by atoms with Gasteiger partial charge in [-0.1, -0.05) is 63.2 Å². The molecule has 0 saturated carbocycles. The van der Waals surface area contributed by atoms with Crippen molar-refractivity contribution in [2.75, 3.05) is 12.0 Å². The van der Waals surface area contributed by atoms with Gasteiger partial charge in [0.1, 0.15) is 5.75 Å². The number of amides is 1.